The van der Waals surface area contributed by atoms with Crippen LogP contribution >= 0.6 is 11.3 Å². The summed E-state index contributed by atoms with van der Waals surface area (Å²) in [5.41, 5.74) is 0. The zero-order valence-electron chi connectivity index (χ0n) is 8.73. The quantitative estimate of drug-likeness (QED) is 0.479. The lowest BCUT2D eigenvalue weighted by atomic mass is 10.4. The van der Waals surface area contributed by atoms with E-state index in [1.165, 1.54) is 18.2 Å². The lowest BCUT2D eigenvalue weighted by Crippen LogP contribution is -2.08. The maximum atomic E-state index is 11.4. The molecule has 1 amide bonds. The Morgan fingerprint density at radius 1 is 1.56 bits per heavy atom. The molecule has 2 aromatic rings. The number of carbonyl (C=O) groups excluding carboxylic acids is 1. The van der Waals surface area contributed by atoms with E-state index in [1.807, 2.05) is 0 Å². The number of nitrogens with zero attached hydrogens (tertiary/aromatic N) is 4. The highest BCUT2D eigenvalue weighted by atomic mass is 32.1. The van der Waals surface area contributed by atoms with Gasteiger partial charge in [-0.05, 0) is 17.4 Å². The number of rotatable bonds is 4. The molecule has 2 N–H and O–H groups in total. The molecule has 18 heavy (non-hydrogen) atoms. The van der Waals surface area contributed by atoms with Crippen molar-refractivity contribution in [1.29, 1.82) is 0 Å². The van der Waals surface area contributed by atoms with E-state index in [0.717, 1.165) is 11.3 Å². The third kappa shape index (κ3) is 2.95. The van der Waals surface area contributed by atoms with Crippen LogP contribution in [0.4, 0.5) is 10.9 Å². The summed E-state index contributed by atoms with van der Waals surface area (Å²) in [6, 6.07) is 2.93. The smallest absolute Gasteiger partial charge is 0.288 e. The summed E-state index contributed by atoms with van der Waals surface area (Å²) in [4.78, 5) is 21.9. The van der Waals surface area contributed by atoms with Gasteiger partial charge in [0.05, 0.1) is 4.92 Å². The molecule has 0 unspecified atom stereocenters. The molecule has 0 saturated carbocycles. The number of tetrazole rings is 1. The SMILES string of the molecule is O=C(/C=C/c1ccc([N+](=O)[O-])s1)Nc1nn[nH]n1. The first-order valence-corrected chi connectivity index (χ1v) is 5.43. The number of carbonyl (C=O) groups is 1. The van der Waals surface area contributed by atoms with E-state index in [2.05, 4.69) is 25.9 Å². The van der Waals surface area contributed by atoms with Gasteiger partial charge in [-0.15, -0.1) is 5.10 Å². The van der Waals surface area contributed by atoms with E-state index >= 15 is 0 Å². The minimum atomic E-state index is -0.485. The Morgan fingerprint density at radius 2 is 2.39 bits per heavy atom. The number of H-pyrrole nitrogens is 1. The molecule has 0 aromatic carbocycles. The highest BCUT2D eigenvalue weighted by Crippen LogP contribution is 2.24. The molecule has 0 fully saturated rings. The molecule has 0 spiro atoms. The summed E-state index contributed by atoms with van der Waals surface area (Å²) in [5.74, 6) is -0.394. The molecule has 0 aliphatic carbocycles. The average Bonchev–Trinajstić information content (AvgIpc) is 2.96. The predicted octanol–water partition coefficient (Wildman–Crippen LogP) is 0.821. The van der Waals surface area contributed by atoms with Gasteiger partial charge in [-0.25, -0.2) is 0 Å². The number of aromatic amines is 1. The second-order valence-electron chi connectivity index (χ2n) is 2.99. The maximum absolute atomic E-state index is 11.4. The Labute approximate surface area is 104 Å². The number of hydrogen-bond acceptors (Lipinski definition) is 7. The lowest BCUT2D eigenvalue weighted by molar-refractivity contribution is -0.380. The van der Waals surface area contributed by atoms with Gasteiger partial charge in [0.2, 0.25) is 0 Å². The number of hydrogen-bond donors (Lipinski definition) is 2. The van der Waals surface area contributed by atoms with Gasteiger partial charge in [0.25, 0.3) is 11.9 Å². The largest absolute Gasteiger partial charge is 0.324 e. The average molecular weight is 266 g/mol. The Morgan fingerprint density at radius 3 is 3.00 bits per heavy atom. The predicted molar refractivity (Wildman–Crippen MR) is 62.8 cm³/mol. The number of nitrogens with one attached hydrogen (secondary N) is 2. The van der Waals surface area contributed by atoms with Crippen molar-refractivity contribution in [1.82, 2.24) is 20.6 Å². The number of amides is 1. The normalized spacial score (nSPS) is 10.7. The lowest BCUT2D eigenvalue weighted by Gasteiger charge is -1.91. The Bertz CT molecular complexity index is 590. The summed E-state index contributed by atoms with van der Waals surface area (Å²) < 4.78 is 0. The van der Waals surface area contributed by atoms with Gasteiger partial charge in [0.1, 0.15) is 0 Å². The Hall–Kier alpha value is -2.62. The molecule has 10 heteroatoms. The van der Waals surface area contributed by atoms with Gasteiger partial charge in [-0.3, -0.25) is 20.2 Å². The fourth-order valence-corrected chi connectivity index (χ4v) is 1.78. The van der Waals surface area contributed by atoms with Gasteiger partial charge in [-0.2, -0.15) is 5.21 Å². The fourth-order valence-electron chi connectivity index (χ4n) is 1.05. The van der Waals surface area contributed by atoms with Crippen molar-refractivity contribution in [3.05, 3.63) is 33.2 Å². The molecule has 0 aliphatic heterocycles. The summed E-state index contributed by atoms with van der Waals surface area (Å²) in [6.45, 7) is 0. The van der Waals surface area contributed by atoms with E-state index in [4.69, 9.17) is 0 Å². The van der Waals surface area contributed by atoms with E-state index in [0.29, 0.717) is 4.88 Å². The van der Waals surface area contributed by atoms with Gasteiger partial charge in [0.15, 0.2) is 0 Å². The minimum Gasteiger partial charge on any atom is -0.288 e. The van der Waals surface area contributed by atoms with Crippen molar-refractivity contribution in [2.45, 2.75) is 0 Å². The van der Waals surface area contributed by atoms with Crippen LogP contribution in [-0.4, -0.2) is 31.5 Å². The van der Waals surface area contributed by atoms with Crippen LogP contribution in [0.15, 0.2) is 18.2 Å². The third-order valence-corrected chi connectivity index (χ3v) is 2.77. The molecule has 2 rings (SSSR count). The monoisotopic (exact) mass is 266 g/mol. The molecule has 2 aromatic heterocycles. The van der Waals surface area contributed by atoms with Crippen LogP contribution in [0.1, 0.15) is 4.88 Å². The molecular formula is C8H6N6O3S. The first-order valence-electron chi connectivity index (χ1n) is 4.62. The van der Waals surface area contributed by atoms with Crippen molar-refractivity contribution in [2.75, 3.05) is 5.32 Å². The van der Waals surface area contributed by atoms with E-state index < -0.39 is 10.8 Å². The molecule has 0 atom stereocenters. The molecule has 9 nitrogen and oxygen atoms in total. The topological polar surface area (TPSA) is 127 Å². The third-order valence-electron chi connectivity index (χ3n) is 1.77. The van der Waals surface area contributed by atoms with Gasteiger partial charge in [0, 0.05) is 17.0 Å². The standard InChI is InChI=1S/C8H6N6O3S/c15-6(9-8-10-12-13-11-8)3-1-5-2-4-7(18-5)14(16)17/h1-4H,(H2,9,10,11,12,13,15)/b3-1+. The summed E-state index contributed by atoms with van der Waals surface area (Å²) in [6.07, 6.45) is 2.69. The van der Waals surface area contributed by atoms with Crippen LogP contribution < -0.4 is 5.32 Å². The fraction of sp³-hybridized carbons (Fsp3) is 0. The molecule has 2 heterocycles. The van der Waals surface area contributed by atoms with E-state index in [9.17, 15) is 14.9 Å². The van der Waals surface area contributed by atoms with E-state index in [-0.39, 0.29) is 10.9 Å². The first kappa shape index (κ1) is 11.9. The van der Waals surface area contributed by atoms with Crippen molar-refractivity contribution in [3.8, 4) is 0 Å². The van der Waals surface area contributed by atoms with Gasteiger partial charge in [-0.1, -0.05) is 16.4 Å². The second-order valence-corrected chi connectivity index (χ2v) is 4.08. The van der Waals surface area contributed by atoms with Gasteiger partial charge < -0.3 is 0 Å². The van der Waals surface area contributed by atoms with Crippen LogP contribution in [0.3, 0.4) is 0 Å². The molecule has 0 aliphatic rings. The van der Waals surface area contributed by atoms with E-state index in [1.54, 1.807) is 6.07 Å². The van der Waals surface area contributed by atoms with Crippen molar-refractivity contribution in [3.63, 3.8) is 0 Å². The van der Waals surface area contributed by atoms with Crippen molar-refractivity contribution in [2.24, 2.45) is 0 Å². The highest BCUT2D eigenvalue weighted by molar-refractivity contribution is 7.16. The first-order chi connectivity index (χ1) is 8.65. The molecule has 0 bridgehead atoms. The second kappa shape index (κ2) is 5.14. The molecular weight excluding hydrogens is 260 g/mol. The van der Waals surface area contributed by atoms with Crippen LogP contribution in [0.2, 0.25) is 0 Å². The number of aromatic nitrogens is 4. The summed E-state index contributed by atoms with van der Waals surface area (Å²) >= 11 is 0.975. The zero-order valence-corrected chi connectivity index (χ0v) is 9.55. The number of anilines is 1. The number of thiophene rings is 1. The van der Waals surface area contributed by atoms with Crippen molar-refractivity contribution < 1.29 is 9.72 Å². The highest BCUT2D eigenvalue weighted by Gasteiger charge is 2.08. The number of nitro groups is 1. The van der Waals surface area contributed by atoms with Crippen LogP contribution in [-0.2, 0) is 4.79 Å². The Balaban J connectivity index is 1.97. The Kier molecular flexibility index (Phi) is 3.38. The zero-order chi connectivity index (χ0) is 13.0. The van der Waals surface area contributed by atoms with Crippen LogP contribution in [0.5, 0.6) is 0 Å². The van der Waals surface area contributed by atoms with Gasteiger partial charge >= 0.3 is 5.00 Å². The maximum Gasteiger partial charge on any atom is 0.324 e. The molecule has 0 saturated heterocycles. The summed E-state index contributed by atoms with van der Waals surface area (Å²) in [7, 11) is 0. The summed E-state index contributed by atoms with van der Waals surface area (Å²) in [5, 5.41) is 25.4. The molecule has 92 valence electrons. The van der Waals surface area contributed by atoms with Crippen LogP contribution in [0, 0.1) is 10.1 Å². The van der Waals surface area contributed by atoms with Crippen LogP contribution in [0.25, 0.3) is 6.08 Å². The van der Waals surface area contributed by atoms with Crippen molar-refractivity contribution >= 4 is 34.3 Å². The minimum absolute atomic E-state index is 0.0215. The molecule has 0 radical (unpaired) electrons.